The molecule has 39 heavy (non-hydrogen) atoms. The second-order valence-electron chi connectivity index (χ2n) is 11.0. The lowest BCUT2D eigenvalue weighted by atomic mass is 10.1. The van der Waals surface area contributed by atoms with Gasteiger partial charge in [-0.1, -0.05) is 32.9 Å². The van der Waals surface area contributed by atoms with E-state index in [-0.39, 0.29) is 5.04 Å². The summed E-state index contributed by atoms with van der Waals surface area (Å²) < 4.78 is 8.43. The Bertz CT molecular complexity index is 1680. The first-order valence-corrected chi connectivity index (χ1v) is 15.7. The molecule has 0 fully saturated rings. The molecular formula is C30H31N7OSi. The number of pyridine rings is 3. The van der Waals surface area contributed by atoms with Crippen LogP contribution >= 0.6 is 0 Å². The molecule has 0 radical (unpaired) electrons. The van der Waals surface area contributed by atoms with E-state index in [0.717, 1.165) is 33.6 Å². The first-order chi connectivity index (χ1) is 18.6. The van der Waals surface area contributed by atoms with Crippen LogP contribution in [0.15, 0.2) is 73.1 Å². The Morgan fingerprint density at radius 2 is 1.74 bits per heavy atom. The van der Waals surface area contributed by atoms with E-state index in [0.29, 0.717) is 29.6 Å². The highest BCUT2D eigenvalue weighted by molar-refractivity contribution is 6.74. The van der Waals surface area contributed by atoms with Gasteiger partial charge in [-0.3, -0.25) is 4.57 Å². The average Bonchev–Trinajstić information content (AvgIpc) is 3.30. The number of hydrogen-bond acceptors (Lipinski definition) is 7. The number of nitrogen functional groups attached to an aromatic ring is 1. The predicted molar refractivity (Wildman–Crippen MR) is 156 cm³/mol. The predicted octanol–water partition coefficient (Wildman–Crippen LogP) is 6.52. The minimum atomic E-state index is -1.86. The minimum absolute atomic E-state index is 0.148. The van der Waals surface area contributed by atoms with Gasteiger partial charge < -0.3 is 10.2 Å². The van der Waals surface area contributed by atoms with Gasteiger partial charge >= 0.3 is 0 Å². The molecule has 0 unspecified atom stereocenters. The molecule has 1 aromatic carbocycles. The van der Waals surface area contributed by atoms with Crippen LogP contribution < -0.4 is 5.73 Å². The molecule has 0 atom stereocenters. The fourth-order valence-electron chi connectivity index (χ4n) is 3.98. The summed E-state index contributed by atoms with van der Waals surface area (Å²) in [5, 5.41) is 9.25. The summed E-state index contributed by atoms with van der Waals surface area (Å²) in [5.74, 6) is 1.05. The van der Waals surface area contributed by atoms with E-state index in [1.165, 1.54) is 0 Å². The normalized spacial score (nSPS) is 12.0. The number of fused-ring (bicyclic) bond motifs is 1. The van der Waals surface area contributed by atoms with Gasteiger partial charge in [0, 0.05) is 23.6 Å². The standard InChI is InChI=1S/C30H31N7OSi/c1-30(2,3)39(4,5)38-19-20-8-12-23(13-9-20)37-28(24-7-6-16-33-27(24)32)36-26-15-14-25(35-29(26)37)21-10-11-22(17-31)34-18-21/h6-16,18H,19H2,1-5H3,(H2,32,33). The van der Waals surface area contributed by atoms with Gasteiger partial charge in [-0.05, 0) is 72.2 Å². The van der Waals surface area contributed by atoms with E-state index in [1.54, 1.807) is 18.5 Å². The van der Waals surface area contributed by atoms with Crippen molar-refractivity contribution in [2.75, 3.05) is 5.73 Å². The van der Waals surface area contributed by atoms with Crippen molar-refractivity contribution < 1.29 is 4.43 Å². The first-order valence-electron chi connectivity index (χ1n) is 12.8. The first kappa shape index (κ1) is 26.2. The Labute approximate surface area is 229 Å². The van der Waals surface area contributed by atoms with Crippen LogP contribution in [-0.4, -0.2) is 32.8 Å². The van der Waals surface area contributed by atoms with Crippen LogP contribution in [0.25, 0.3) is 39.5 Å². The summed E-state index contributed by atoms with van der Waals surface area (Å²) in [4.78, 5) is 18.4. The molecule has 5 rings (SSSR count). The van der Waals surface area contributed by atoms with Crippen LogP contribution in [0.2, 0.25) is 18.1 Å². The van der Waals surface area contributed by atoms with E-state index < -0.39 is 8.32 Å². The third-order valence-corrected chi connectivity index (χ3v) is 11.8. The fourth-order valence-corrected chi connectivity index (χ4v) is 4.94. The van der Waals surface area contributed by atoms with Gasteiger partial charge in [-0.25, -0.2) is 19.9 Å². The second-order valence-corrected chi connectivity index (χ2v) is 15.8. The van der Waals surface area contributed by atoms with Gasteiger partial charge in [0.15, 0.2) is 19.8 Å². The zero-order valence-corrected chi connectivity index (χ0v) is 23.8. The van der Waals surface area contributed by atoms with Crippen molar-refractivity contribution in [2.45, 2.75) is 45.5 Å². The zero-order chi connectivity index (χ0) is 27.8. The SMILES string of the molecule is CC(C)(C)[Si](C)(C)OCc1ccc(-n2c(-c3cccnc3N)nc3ccc(-c4ccc(C#N)nc4)nc32)cc1. The monoisotopic (exact) mass is 533 g/mol. The van der Waals surface area contributed by atoms with E-state index in [1.807, 2.05) is 34.9 Å². The number of aromatic nitrogens is 5. The zero-order valence-electron chi connectivity index (χ0n) is 22.8. The average molecular weight is 534 g/mol. The number of anilines is 1. The van der Waals surface area contributed by atoms with Crippen LogP contribution in [-0.2, 0) is 11.0 Å². The van der Waals surface area contributed by atoms with E-state index >= 15 is 0 Å². The minimum Gasteiger partial charge on any atom is -0.413 e. The summed E-state index contributed by atoms with van der Waals surface area (Å²) in [7, 11) is -1.86. The highest BCUT2D eigenvalue weighted by atomic mass is 28.4. The number of nitrogens with two attached hydrogens (primary N) is 1. The van der Waals surface area contributed by atoms with Crippen LogP contribution in [0.1, 0.15) is 32.0 Å². The molecule has 0 aliphatic heterocycles. The van der Waals surface area contributed by atoms with Gasteiger partial charge in [-0.2, -0.15) is 5.26 Å². The van der Waals surface area contributed by atoms with Crippen molar-refractivity contribution in [3.8, 4) is 34.4 Å². The van der Waals surface area contributed by atoms with Crippen molar-refractivity contribution >= 4 is 25.3 Å². The highest BCUT2D eigenvalue weighted by Crippen LogP contribution is 2.37. The van der Waals surface area contributed by atoms with Gasteiger partial charge in [0.1, 0.15) is 23.1 Å². The third kappa shape index (κ3) is 5.17. The van der Waals surface area contributed by atoms with E-state index in [9.17, 15) is 0 Å². The molecule has 0 spiro atoms. The Morgan fingerprint density at radius 3 is 2.38 bits per heavy atom. The van der Waals surface area contributed by atoms with Crippen molar-refractivity contribution in [3.05, 3.63) is 84.3 Å². The lowest BCUT2D eigenvalue weighted by molar-refractivity contribution is 0.276. The largest absolute Gasteiger partial charge is 0.413 e. The number of benzene rings is 1. The molecule has 9 heteroatoms. The number of hydrogen-bond donors (Lipinski definition) is 1. The van der Waals surface area contributed by atoms with Crippen molar-refractivity contribution in [1.82, 2.24) is 24.5 Å². The maximum absolute atomic E-state index is 9.10. The molecule has 2 N–H and O–H groups in total. The lowest BCUT2D eigenvalue weighted by Crippen LogP contribution is -2.40. The van der Waals surface area contributed by atoms with Crippen LogP contribution in [0.4, 0.5) is 5.82 Å². The molecular weight excluding hydrogens is 502 g/mol. The number of nitrogens with zero attached hydrogens (tertiary/aromatic N) is 6. The quantitative estimate of drug-likeness (QED) is 0.247. The Morgan fingerprint density at radius 1 is 0.974 bits per heavy atom. The van der Waals surface area contributed by atoms with Crippen LogP contribution in [0.3, 0.4) is 0 Å². The van der Waals surface area contributed by atoms with Crippen molar-refractivity contribution in [3.63, 3.8) is 0 Å². The maximum Gasteiger partial charge on any atom is 0.192 e. The van der Waals surface area contributed by atoms with E-state index in [4.69, 9.17) is 25.4 Å². The summed E-state index contributed by atoms with van der Waals surface area (Å²) in [6.07, 6.45) is 3.32. The molecule has 4 heterocycles. The lowest BCUT2D eigenvalue weighted by Gasteiger charge is -2.36. The molecule has 196 valence electrons. The summed E-state index contributed by atoms with van der Waals surface area (Å²) in [5.41, 5.74) is 12.3. The molecule has 8 nitrogen and oxygen atoms in total. The number of rotatable bonds is 6. The topological polar surface area (TPSA) is 116 Å². The molecule has 0 aliphatic rings. The van der Waals surface area contributed by atoms with Crippen LogP contribution in [0, 0.1) is 11.3 Å². The van der Waals surface area contributed by atoms with Gasteiger partial charge in [0.2, 0.25) is 0 Å². The van der Waals surface area contributed by atoms with Crippen molar-refractivity contribution in [2.24, 2.45) is 0 Å². The highest BCUT2D eigenvalue weighted by Gasteiger charge is 2.37. The van der Waals surface area contributed by atoms with E-state index in [2.05, 4.69) is 74.2 Å². The second kappa shape index (κ2) is 10.1. The van der Waals surface area contributed by atoms with Crippen LogP contribution in [0.5, 0.6) is 0 Å². The maximum atomic E-state index is 9.10. The molecule has 0 aliphatic carbocycles. The van der Waals surface area contributed by atoms with Crippen molar-refractivity contribution in [1.29, 1.82) is 5.26 Å². The molecule has 0 bridgehead atoms. The molecule has 0 saturated carbocycles. The smallest absolute Gasteiger partial charge is 0.192 e. The summed E-state index contributed by atoms with van der Waals surface area (Å²) in [6.45, 7) is 11.8. The molecule has 0 amide bonds. The Kier molecular flexibility index (Phi) is 6.76. The number of nitriles is 1. The Balaban J connectivity index is 1.59. The number of imidazole rings is 1. The summed E-state index contributed by atoms with van der Waals surface area (Å²) in [6, 6.07) is 21.4. The summed E-state index contributed by atoms with van der Waals surface area (Å²) >= 11 is 0. The molecule has 5 aromatic rings. The fraction of sp³-hybridized carbons (Fsp3) is 0.233. The van der Waals surface area contributed by atoms with Gasteiger partial charge in [0.05, 0.1) is 17.9 Å². The third-order valence-electron chi connectivity index (χ3n) is 7.36. The Hall–Kier alpha value is -4.39. The van der Waals surface area contributed by atoms with Gasteiger partial charge in [-0.15, -0.1) is 0 Å². The van der Waals surface area contributed by atoms with Gasteiger partial charge in [0.25, 0.3) is 0 Å². The molecule has 4 aromatic heterocycles. The molecule has 0 saturated heterocycles.